The lowest BCUT2D eigenvalue weighted by molar-refractivity contribution is -0.121. The lowest BCUT2D eigenvalue weighted by atomic mass is 10.2. The maximum absolute atomic E-state index is 13.1. The number of rotatable bonds is 1. The van der Waals surface area contributed by atoms with Crippen molar-refractivity contribution in [2.75, 3.05) is 24.5 Å². The summed E-state index contributed by atoms with van der Waals surface area (Å²) in [5, 5.41) is 2.96. The van der Waals surface area contributed by atoms with Gasteiger partial charge in [0.25, 0.3) is 0 Å². The van der Waals surface area contributed by atoms with Gasteiger partial charge in [-0.25, -0.2) is 4.39 Å². The smallest absolute Gasteiger partial charge is 0.220 e. The summed E-state index contributed by atoms with van der Waals surface area (Å²) < 4.78 is 13.1. The molecular formula is C12H14ClFN2O. The van der Waals surface area contributed by atoms with Crippen molar-refractivity contribution in [2.45, 2.75) is 12.8 Å². The molecule has 1 fully saturated rings. The van der Waals surface area contributed by atoms with Gasteiger partial charge in [-0.2, -0.15) is 0 Å². The molecule has 92 valence electrons. The molecule has 1 amide bonds. The van der Waals surface area contributed by atoms with Crippen molar-refractivity contribution in [3.8, 4) is 0 Å². The van der Waals surface area contributed by atoms with E-state index < -0.39 is 5.82 Å². The number of benzene rings is 1. The number of hydrogen-bond acceptors (Lipinski definition) is 2. The van der Waals surface area contributed by atoms with Gasteiger partial charge in [-0.15, -0.1) is 0 Å². The maximum atomic E-state index is 13.1. The van der Waals surface area contributed by atoms with E-state index in [-0.39, 0.29) is 10.9 Å². The minimum absolute atomic E-state index is 0.0989. The van der Waals surface area contributed by atoms with E-state index in [9.17, 15) is 9.18 Å². The summed E-state index contributed by atoms with van der Waals surface area (Å²) in [4.78, 5) is 13.3. The van der Waals surface area contributed by atoms with Gasteiger partial charge in [0, 0.05) is 31.7 Å². The molecule has 0 saturated carbocycles. The van der Waals surface area contributed by atoms with Crippen LogP contribution in [-0.4, -0.2) is 25.5 Å². The molecule has 0 bridgehead atoms. The zero-order valence-electron chi connectivity index (χ0n) is 9.38. The fourth-order valence-corrected chi connectivity index (χ4v) is 2.08. The Hall–Kier alpha value is -1.29. The summed E-state index contributed by atoms with van der Waals surface area (Å²) in [7, 11) is 0. The zero-order chi connectivity index (χ0) is 12.3. The highest BCUT2D eigenvalue weighted by Crippen LogP contribution is 2.23. The molecule has 1 aliphatic rings. The minimum Gasteiger partial charge on any atom is -0.370 e. The second kappa shape index (κ2) is 5.36. The van der Waals surface area contributed by atoms with E-state index in [4.69, 9.17) is 11.6 Å². The normalized spacial score (nSPS) is 17.3. The van der Waals surface area contributed by atoms with Crippen LogP contribution in [0.1, 0.15) is 12.8 Å². The number of carbonyl (C=O) groups is 1. The average molecular weight is 257 g/mol. The summed E-state index contributed by atoms with van der Waals surface area (Å²) >= 11 is 5.76. The van der Waals surface area contributed by atoms with Crippen LogP contribution in [0.5, 0.6) is 0 Å². The molecule has 0 radical (unpaired) electrons. The third-order valence-electron chi connectivity index (χ3n) is 2.80. The molecule has 1 aromatic rings. The van der Waals surface area contributed by atoms with Crippen LogP contribution in [0.2, 0.25) is 5.02 Å². The molecule has 1 N–H and O–H groups in total. The first-order valence-corrected chi connectivity index (χ1v) is 6.01. The van der Waals surface area contributed by atoms with Crippen LogP contribution in [0.15, 0.2) is 18.2 Å². The van der Waals surface area contributed by atoms with E-state index in [0.717, 1.165) is 18.7 Å². The predicted molar refractivity (Wildman–Crippen MR) is 65.9 cm³/mol. The monoisotopic (exact) mass is 256 g/mol. The lowest BCUT2D eigenvalue weighted by Gasteiger charge is -2.27. The largest absolute Gasteiger partial charge is 0.370 e. The van der Waals surface area contributed by atoms with Crippen LogP contribution in [0.4, 0.5) is 10.1 Å². The second-order valence-electron chi connectivity index (χ2n) is 4.04. The fraction of sp³-hybridized carbons (Fsp3) is 0.417. The van der Waals surface area contributed by atoms with Gasteiger partial charge in [-0.05, 0) is 24.6 Å². The number of halogens is 2. The van der Waals surface area contributed by atoms with Crippen LogP contribution in [0.25, 0.3) is 0 Å². The van der Waals surface area contributed by atoms with Crippen LogP contribution >= 0.6 is 11.6 Å². The third kappa shape index (κ3) is 3.09. The number of amides is 1. The SMILES string of the molecule is O=C1CCCN(c2ccc(F)c(Cl)c2)CCN1. The molecule has 0 aromatic heterocycles. The number of nitrogens with one attached hydrogen (secondary N) is 1. The molecular weight excluding hydrogens is 243 g/mol. The van der Waals surface area contributed by atoms with Crippen LogP contribution in [-0.2, 0) is 4.79 Å². The Bertz CT molecular complexity index is 413. The summed E-state index contributed by atoms with van der Waals surface area (Å²) in [5.41, 5.74) is 0.896. The van der Waals surface area contributed by atoms with Crippen LogP contribution in [0.3, 0.4) is 0 Å². The molecule has 0 spiro atoms. The standard InChI is InChI=1S/C12H14ClFN2O/c13-10-8-9(3-4-11(10)14)16-6-1-2-12(17)15-5-7-16/h3-4,8H,1-2,5-7H2,(H,15,17). The van der Waals surface area contributed by atoms with Gasteiger partial charge in [-0.3, -0.25) is 4.79 Å². The molecule has 0 unspecified atom stereocenters. The first-order valence-electron chi connectivity index (χ1n) is 5.63. The van der Waals surface area contributed by atoms with Gasteiger partial charge < -0.3 is 10.2 Å². The zero-order valence-corrected chi connectivity index (χ0v) is 10.1. The first-order chi connectivity index (χ1) is 8.16. The molecule has 3 nitrogen and oxygen atoms in total. The minimum atomic E-state index is -0.407. The van der Waals surface area contributed by atoms with Crippen molar-refractivity contribution >= 4 is 23.2 Å². The first kappa shape index (κ1) is 12.2. The quantitative estimate of drug-likeness (QED) is 0.836. The third-order valence-corrected chi connectivity index (χ3v) is 3.09. The predicted octanol–water partition coefficient (Wildman–Crippen LogP) is 2.20. The highest BCUT2D eigenvalue weighted by atomic mass is 35.5. The Labute approximate surface area is 105 Å². The van der Waals surface area contributed by atoms with Gasteiger partial charge in [0.1, 0.15) is 5.82 Å². The Morgan fingerprint density at radius 3 is 2.94 bits per heavy atom. The molecule has 17 heavy (non-hydrogen) atoms. The molecule has 2 rings (SSSR count). The molecule has 1 aliphatic heterocycles. The fourth-order valence-electron chi connectivity index (χ4n) is 1.90. The Balaban J connectivity index is 2.09. The van der Waals surface area contributed by atoms with Crippen molar-refractivity contribution in [3.63, 3.8) is 0 Å². The van der Waals surface area contributed by atoms with Gasteiger partial charge in [0.05, 0.1) is 5.02 Å². The highest BCUT2D eigenvalue weighted by molar-refractivity contribution is 6.31. The van der Waals surface area contributed by atoms with E-state index in [1.165, 1.54) is 6.07 Å². The number of hydrogen-bond donors (Lipinski definition) is 1. The van der Waals surface area contributed by atoms with Gasteiger partial charge >= 0.3 is 0 Å². The van der Waals surface area contributed by atoms with E-state index in [1.54, 1.807) is 12.1 Å². The van der Waals surface area contributed by atoms with Gasteiger partial charge in [0.2, 0.25) is 5.91 Å². The molecule has 5 heteroatoms. The van der Waals surface area contributed by atoms with Crippen molar-refractivity contribution < 1.29 is 9.18 Å². The Morgan fingerprint density at radius 1 is 1.35 bits per heavy atom. The average Bonchev–Trinajstić information content (AvgIpc) is 2.27. The lowest BCUT2D eigenvalue weighted by Crippen LogP contribution is -2.38. The van der Waals surface area contributed by atoms with Crippen LogP contribution in [0, 0.1) is 5.82 Å². The van der Waals surface area contributed by atoms with Gasteiger partial charge in [-0.1, -0.05) is 11.6 Å². The van der Waals surface area contributed by atoms with Crippen LogP contribution < -0.4 is 10.2 Å². The second-order valence-corrected chi connectivity index (χ2v) is 4.45. The summed E-state index contributed by atoms with van der Waals surface area (Å²) in [6.07, 6.45) is 1.33. The van der Waals surface area contributed by atoms with E-state index in [1.807, 2.05) is 0 Å². The van der Waals surface area contributed by atoms with E-state index in [2.05, 4.69) is 10.2 Å². The molecule has 0 atom stereocenters. The topological polar surface area (TPSA) is 32.3 Å². The highest BCUT2D eigenvalue weighted by Gasteiger charge is 2.13. The van der Waals surface area contributed by atoms with Crippen molar-refractivity contribution in [1.29, 1.82) is 0 Å². The number of anilines is 1. The summed E-state index contributed by atoms with van der Waals surface area (Å²) in [6, 6.07) is 4.71. The van der Waals surface area contributed by atoms with E-state index >= 15 is 0 Å². The van der Waals surface area contributed by atoms with Crippen molar-refractivity contribution in [1.82, 2.24) is 5.32 Å². The molecule has 0 aliphatic carbocycles. The summed E-state index contributed by atoms with van der Waals surface area (Å²) in [5.74, 6) is -0.308. The maximum Gasteiger partial charge on any atom is 0.220 e. The number of nitrogens with zero attached hydrogens (tertiary/aromatic N) is 1. The molecule has 1 saturated heterocycles. The Kier molecular flexibility index (Phi) is 3.84. The molecule has 1 heterocycles. The van der Waals surface area contributed by atoms with E-state index in [0.29, 0.717) is 19.5 Å². The summed E-state index contributed by atoms with van der Waals surface area (Å²) in [6.45, 7) is 2.11. The molecule has 1 aromatic carbocycles. The van der Waals surface area contributed by atoms with Crippen molar-refractivity contribution in [3.05, 3.63) is 29.0 Å². The van der Waals surface area contributed by atoms with Crippen molar-refractivity contribution in [2.24, 2.45) is 0 Å². The van der Waals surface area contributed by atoms with Gasteiger partial charge in [0.15, 0.2) is 0 Å². The Morgan fingerprint density at radius 2 is 2.18 bits per heavy atom. The number of carbonyl (C=O) groups excluding carboxylic acids is 1.